The van der Waals surface area contributed by atoms with E-state index in [-0.39, 0.29) is 22.6 Å². The molecule has 0 fully saturated rings. The van der Waals surface area contributed by atoms with Crippen LogP contribution < -0.4 is 0 Å². The van der Waals surface area contributed by atoms with Crippen LogP contribution in [0, 0.1) is 0 Å². The van der Waals surface area contributed by atoms with E-state index in [4.69, 9.17) is 0 Å². The maximum absolute atomic E-state index is 11.2. The van der Waals surface area contributed by atoms with E-state index in [0.29, 0.717) is 0 Å². The van der Waals surface area contributed by atoms with Crippen LogP contribution in [0.15, 0.2) is 12.1 Å². The normalized spacial score (nSPS) is 12.2. The molecular weight excluding hydrogens is 200 g/mol. The molecule has 0 amide bonds. The number of aliphatic hydroxyl groups is 1. The molecule has 0 aliphatic rings. The molecule has 82 valence electrons. The van der Waals surface area contributed by atoms with Crippen molar-refractivity contribution in [1.29, 1.82) is 0 Å². The molecular formula is C10H12O5. The van der Waals surface area contributed by atoms with Crippen molar-refractivity contribution in [2.75, 3.05) is 7.11 Å². The fraction of sp³-hybridized carbons (Fsp3) is 0.300. The van der Waals surface area contributed by atoms with Gasteiger partial charge in [-0.3, -0.25) is 0 Å². The number of phenolic OH excluding ortho intramolecular Hbond substituents is 2. The van der Waals surface area contributed by atoms with Crippen LogP contribution >= 0.6 is 0 Å². The first-order valence-corrected chi connectivity index (χ1v) is 4.29. The van der Waals surface area contributed by atoms with E-state index in [1.165, 1.54) is 20.1 Å². The van der Waals surface area contributed by atoms with Crippen LogP contribution in [0.25, 0.3) is 0 Å². The Hall–Kier alpha value is -1.75. The van der Waals surface area contributed by atoms with Gasteiger partial charge in [0.05, 0.1) is 13.2 Å². The standard InChI is InChI=1S/C10H12O5/c1-5(11)6-3-7(10(14)15-2)9(13)4-8(6)12/h3-5,11-13H,1-2H3. The average molecular weight is 212 g/mol. The van der Waals surface area contributed by atoms with Crippen LogP contribution in [0.1, 0.15) is 28.9 Å². The van der Waals surface area contributed by atoms with Crippen LogP contribution in [0.2, 0.25) is 0 Å². The molecule has 0 spiro atoms. The number of benzene rings is 1. The molecule has 1 unspecified atom stereocenters. The zero-order valence-electron chi connectivity index (χ0n) is 8.39. The van der Waals surface area contributed by atoms with Gasteiger partial charge >= 0.3 is 5.97 Å². The summed E-state index contributed by atoms with van der Waals surface area (Å²) in [6, 6.07) is 2.19. The Kier molecular flexibility index (Phi) is 3.16. The fourth-order valence-corrected chi connectivity index (χ4v) is 1.20. The Morgan fingerprint density at radius 1 is 1.33 bits per heavy atom. The summed E-state index contributed by atoms with van der Waals surface area (Å²) in [4.78, 5) is 11.2. The minimum absolute atomic E-state index is 0.0915. The molecule has 0 radical (unpaired) electrons. The highest BCUT2D eigenvalue weighted by Crippen LogP contribution is 2.31. The first kappa shape index (κ1) is 11.3. The second kappa shape index (κ2) is 4.18. The van der Waals surface area contributed by atoms with E-state index >= 15 is 0 Å². The van der Waals surface area contributed by atoms with Crippen LogP contribution in [0.3, 0.4) is 0 Å². The van der Waals surface area contributed by atoms with E-state index < -0.39 is 12.1 Å². The van der Waals surface area contributed by atoms with Crippen molar-refractivity contribution in [2.24, 2.45) is 0 Å². The molecule has 0 heterocycles. The zero-order chi connectivity index (χ0) is 11.6. The van der Waals surface area contributed by atoms with Gasteiger partial charge in [0.1, 0.15) is 17.1 Å². The number of hydrogen-bond acceptors (Lipinski definition) is 5. The number of methoxy groups -OCH3 is 1. The molecule has 1 aromatic rings. The van der Waals surface area contributed by atoms with Crippen LogP contribution in [-0.2, 0) is 4.74 Å². The molecule has 0 aromatic heterocycles. The summed E-state index contributed by atoms with van der Waals surface area (Å²) in [6.07, 6.45) is -0.936. The first-order valence-electron chi connectivity index (χ1n) is 4.29. The van der Waals surface area contributed by atoms with Crippen molar-refractivity contribution in [1.82, 2.24) is 0 Å². The molecule has 1 rings (SSSR count). The van der Waals surface area contributed by atoms with Crippen molar-refractivity contribution in [3.63, 3.8) is 0 Å². The predicted octanol–water partition coefficient (Wildman–Crippen LogP) is 0.938. The Balaban J connectivity index is 3.29. The summed E-state index contributed by atoms with van der Waals surface area (Å²) in [6.45, 7) is 1.44. The monoisotopic (exact) mass is 212 g/mol. The van der Waals surface area contributed by atoms with Gasteiger partial charge in [0.15, 0.2) is 0 Å². The summed E-state index contributed by atoms with van der Waals surface area (Å²) >= 11 is 0. The Labute approximate surface area is 86.5 Å². The van der Waals surface area contributed by atoms with Gasteiger partial charge in [-0.2, -0.15) is 0 Å². The molecule has 3 N–H and O–H groups in total. The lowest BCUT2D eigenvalue weighted by molar-refractivity contribution is 0.0597. The number of carbonyl (C=O) groups excluding carboxylic acids is 1. The summed E-state index contributed by atoms with van der Waals surface area (Å²) in [5, 5.41) is 28.0. The smallest absolute Gasteiger partial charge is 0.341 e. The Morgan fingerprint density at radius 3 is 2.40 bits per heavy atom. The quantitative estimate of drug-likeness (QED) is 0.635. The van der Waals surface area contributed by atoms with E-state index in [1.54, 1.807) is 0 Å². The van der Waals surface area contributed by atoms with E-state index in [0.717, 1.165) is 6.07 Å². The molecule has 5 heteroatoms. The van der Waals surface area contributed by atoms with Crippen molar-refractivity contribution >= 4 is 5.97 Å². The third-order valence-electron chi connectivity index (χ3n) is 2.00. The van der Waals surface area contributed by atoms with Gasteiger partial charge in [0, 0.05) is 11.6 Å². The van der Waals surface area contributed by atoms with E-state index in [1.807, 2.05) is 0 Å². The first-order chi connectivity index (χ1) is 6.97. The number of aromatic hydroxyl groups is 2. The second-order valence-electron chi connectivity index (χ2n) is 3.10. The second-order valence-corrected chi connectivity index (χ2v) is 3.10. The molecule has 0 bridgehead atoms. The van der Waals surface area contributed by atoms with E-state index in [9.17, 15) is 20.1 Å². The van der Waals surface area contributed by atoms with Gasteiger partial charge in [0.2, 0.25) is 0 Å². The summed E-state index contributed by atoms with van der Waals surface area (Å²) in [7, 11) is 1.18. The number of rotatable bonds is 2. The molecule has 15 heavy (non-hydrogen) atoms. The summed E-state index contributed by atoms with van der Waals surface area (Å²) in [5.41, 5.74) is 0.0689. The summed E-state index contributed by atoms with van der Waals surface area (Å²) in [5.74, 6) is -1.38. The fourth-order valence-electron chi connectivity index (χ4n) is 1.20. The molecule has 1 aromatic carbocycles. The number of aliphatic hydroxyl groups excluding tert-OH is 1. The molecule has 0 saturated heterocycles. The van der Waals surface area contributed by atoms with Gasteiger partial charge in [-0.1, -0.05) is 0 Å². The molecule has 0 saturated carbocycles. The lowest BCUT2D eigenvalue weighted by Crippen LogP contribution is -2.03. The number of carbonyl (C=O) groups is 1. The minimum atomic E-state index is -0.936. The van der Waals surface area contributed by atoms with Crippen molar-refractivity contribution < 1.29 is 24.9 Å². The van der Waals surface area contributed by atoms with Crippen LogP contribution in [0.5, 0.6) is 11.5 Å². The van der Waals surface area contributed by atoms with Crippen LogP contribution in [-0.4, -0.2) is 28.4 Å². The molecule has 1 atom stereocenters. The third-order valence-corrected chi connectivity index (χ3v) is 2.00. The van der Waals surface area contributed by atoms with Crippen LogP contribution in [0.4, 0.5) is 0 Å². The highest BCUT2D eigenvalue weighted by molar-refractivity contribution is 5.92. The predicted molar refractivity (Wildman–Crippen MR) is 51.7 cm³/mol. The third kappa shape index (κ3) is 2.19. The van der Waals surface area contributed by atoms with Gasteiger partial charge in [-0.25, -0.2) is 4.79 Å². The Bertz CT molecular complexity index is 384. The maximum atomic E-state index is 11.2. The van der Waals surface area contributed by atoms with Gasteiger partial charge in [-0.15, -0.1) is 0 Å². The molecule has 0 aliphatic heterocycles. The van der Waals surface area contributed by atoms with Crippen molar-refractivity contribution in [3.8, 4) is 11.5 Å². The molecule has 5 nitrogen and oxygen atoms in total. The number of ether oxygens (including phenoxy) is 1. The highest BCUT2D eigenvalue weighted by atomic mass is 16.5. The van der Waals surface area contributed by atoms with E-state index in [2.05, 4.69) is 4.74 Å². The van der Waals surface area contributed by atoms with Crippen molar-refractivity contribution in [2.45, 2.75) is 13.0 Å². The van der Waals surface area contributed by atoms with Gasteiger partial charge in [0.25, 0.3) is 0 Å². The zero-order valence-corrected chi connectivity index (χ0v) is 8.39. The summed E-state index contributed by atoms with van der Waals surface area (Å²) < 4.78 is 4.43. The lowest BCUT2D eigenvalue weighted by Gasteiger charge is -2.10. The SMILES string of the molecule is COC(=O)c1cc(C(C)O)c(O)cc1O. The lowest BCUT2D eigenvalue weighted by atomic mass is 10.0. The number of phenols is 2. The number of hydrogen-bond donors (Lipinski definition) is 3. The minimum Gasteiger partial charge on any atom is -0.507 e. The Morgan fingerprint density at radius 2 is 1.93 bits per heavy atom. The maximum Gasteiger partial charge on any atom is 0.341 e. The van der Waals surface area contributed by atoms with Crippen molar-refractivity contribution in [3.05, 3.63) is 23.3 Å². The number of esters is 1. The largest absolute Gasteiger partial charge is 0.507 e. The molecule has 0 aliphatic carbocycles. The average Bonchev–Trinajstić information content (AvgIpc) is 2.16. The van der Waals surface area contributed by atoms with Gasteiger partial charge < -0.3 is 20.1 Å². The highest BCUT2D eigenvalue weighted by Gasteiger charge is 2.17. The van der Waals surface area contributed by atoms with Gasteiger partial charge in [-0.05, 0) is 13.0 Å². The topological polar surface area (TPSA) is 87.0 Å².